The van der Waals surface area contributed by atoms with Crippen molar-refractivity contribution >= 4 is 22.4 Å². The van der Waals surface area contributed by atoms with Crippen molar-refractivity contribution in [3.8, 4) is 0 Å². The van der Waals surface area contributed by atoms with E-state index in [1.54, 1.807) is 6.07 Å². The van der Waals surface area contributed by atoms with E-state index in [1.807, 2.05) is 33.0 Å². The first kappa shape index (κ1) is 17.4. The van der Waals surface area contributed by atoms with E-state index < -0.39 is 10.0 Å². The Morgan fingerprint density at radius 1 is 1.17 bits per heavy atom. The maximum Gasteiger partial charge on any atom is 0.240 e. The van der Waals surface area contributed by atoms with E-state index >= 15 is 0 Å². The highest BCUT2D eigenvalue weighted by atomic mass is 35.5. The van der Waals surface area contributed by atoms with Crippen molar-refractivity contribution in [2.45, 2.75) is 25.2 Å². The van der Waals surface area contributed by atoms with Crippen LogP contribution in [0.2, 0.25) is 0 Å². The van der Waals surface area contributed by atoms with Crippen molar-refractivity contribution in [2.24, 2.45) is 0 Å². The molecular weight excluding hydrogens is 272 g/mol. The summed E-state index contributed by atoms with van der Waals surface area (Å²) in [5.74, 6) is 0. The average molecular weight is 293 g/mol. The lowest BCUT2D eigenvalue weighted by atomic mass is 10.2. The topological polar surface area (TPSA) is 58.2 Å². The van der Waals surface area contributed by atoms with Crippen LogP contribution in [-0.4, -0.2) is 28.6 Å². The van der Waals surface area contributed by atoms with Gasteiger partial charge in [-0.25, -0.2) is 13.1 Å². The molecular formula is C12H21ClN2O2S. The average Bonchev–Trinajstić information content (AvgIpc) is 2.24. The second-order valence-electron chi connectivity index (χ2n) is 4.12. The molecule has 0 bridgehead atoms. The van der Waals surface area contributed by atoms with E-state index in [0.29, 0.717) is 11.4 Å². The molecule has 0 aliphatic rings. The zero-order valence-corrected chi connectivity index (χ0v) is 12.6. The lowest BCUT2D eigenvalue weighted by molar-refractivity contribution is 0.576. The Hall–Kier alpha value is -0.620. The second-order valence-corrected chi connectivity index (χ2v) is 5.86. The normalized spacial score (nSPS) is 11.1. The molecule has 0 unspecified atom stereocenters. The third kappa shape index (κ3) is 4.94. The minimum Gasteiger partial charge on any atom is -0.320 e. The van der Waals surface area contributed by atoms with E-state index in [1.165, 1.54) is 0 Å². The summed E-state index contributed by atoms with van der Waals surface area (Å²) < 4.78 is 26.6. The molecule has 18 heavy (non-hydrogen) atoms. The molecule has 0 fully saturated rings. The predicted molar refractivity (Wildman–Crippen MR) is 76.9 cm³/mol. The summed E-state index contributed by atoms with van der Waals surface area (Å²) in [6.07, 6.45) is 0.778. The molecule has 0 saturated heterocycles. The zero-order valence-electron chi connectivity index (χ0n) is 11.0. The first-order valence-electron chi connectivity index (χ1n) is 5.69. The minimum absolute atomic E-state index is 0. The van der Waals surface area contributed by atoms with Crippen LogP contribution in [0.3, 0.4) is 0 Å². The van der Waals surface area contributed by atoms with Gasteiger partial charge in [0.2, 0.25) is 10.0 Å². The number of benzene rings is 1. The number of rotatable bonds is 6. The van der Waals surface area contributed by atoms with Crippen LogP contribution >= 0.6 is 12.4 Å². The smallest absolute Gasteiger partial charge is 0.240 e. The Morgan fingerprint density at radius 2 is 1.83 bits per heavy atom. The van der Waals surface area contributed by atoms with Gasteiger partial charge in [-0.05, 0) is 45.5 Å². The van der Waals surface area contributed by atoms with Crippen LogP contribution in [0.25, 0.3) is 0 Å². The molecule has 104 valence electrons. The van der Waals surface area contributed by atoms with Gasteiger partial charge in [-0.3, -0.25) is 0 Å². The van der Waals surface area contributed by atoms with Crippen molar-refractivity contribution in [1.82, 2.24) is 10.0 Å². The van der Waals surface area contributed by atoms with E-state index in [9.17, 15) is 8.42 Å². The molecule has 0 heterocycles. The maximum absolute atomic E-state index is 12.0. The molecule has 0 amide bonds. The molecule has 0 aliphatic heterocycles. The Bertz CT molecular complexity index is 475. The first-order valence-corrected chi connectivity index (χ1v) is 7.17. The maximum atomic E-state index is 12.0. The third-order valence-corrected chi connectivity index (χ3v) is 4.14. The molecule has 1 aromatic carbocycles. The quantitative estimate of drug-likeness (QED) is 0.783. The number of hydrogen-bond acceptors (Lipinski definition) is 3. The summed E-state index contributed by atoms with van der Waals surface area (Å²) in [7, 11) is -1.52. The summed E-state index contributed by atoms with van der Waals surface area (Å²) in [5, 5.41) is 2.98. The monoisotopic (exact) mass is 292 g/mol. The predicted octanol–water partition coefficient (Wildman–Crippen LogP) is 1.61. The molecule has 0 saturated carbocycles. The fourth-order valence-corrected chi connectivity index (χ4v) is 2.95. The SMILES string of the molecule is CNCCCNS(=O)(=O)c1ccc(C)cc1C.Cl. The highest BCUT2D eigenvalue weighted by Gasteiger charge is 2.15. The van der Waals surface area contributed by atoms with Gasteiger partial charge in [-0.15, -0.1) is 12.4 Å². The number of nitrogens with one attached hydrogen (secondary N) is 2. The van der Waals surface area contributed by atoms with Gasteiger partial charge in [0.25, 0.3) is 0 Å². The van der Waals surface area contributed by atoms with Gasteiger partial charge < -0.3 is 5.32 Å². The fourth-order valence-electron chi connectivity index (χ4n) is 1.65. The molecule has 0 atom stereocenters. The van der Waals surface area contributed by atoms with E-state index in [-0.39, 0.29) is 12.4 Å². The zero-order chi connectivity index (χ0) is 12.9. The van der Waals surface area contributed by atoms with Gasteiger partial charge in [0.05, 0.1) is 4.90 Å². The van der Waals surface area contributed by atoms with Crippen molar-refractivity contribution in [2.75, 3.05) is 20.1 Å². The summed E-state index contributed by atoms with van der Waals surface area (Å²) in [5.41, 5.74) is 1.85. The molecule has 2 N–H and O–H groups in total. The van der Waals surface area contributed by atoms with Crippen LogP contribution in [-0.2, 0) is 10.0 Å². The van der Waals surface area contributed by atoms with Crippen LogP contribution in [0.5, 0.6) is 0 Å². The molecule has 0 spiro atoms. The molecule has 0 aromatic heterocycles. The molecule has 4 nitrogen and oxygen atoms in total. The van der Waals surface area contributed by atoms with Crippen LogP contribution in [0.1, 0.15) is 17.5 Å². The Balaban J connectivity index is 0.00000289. The third-order valence-electron chi connectivity index (χ3n) is 2.52. The summed E-state index contributed by atoms with van der Waals surface area (Å²) >= 11 is 0. The van der Waals surface area contributed by atoms with Crippen LogP contribution in [0.15, 0.2) is 23.1 Å². The van der Waals surface area contributed by atoms with E-state index in [4.69, 9.17) is 0 Å². The van der Waals surface area contributed by atoms with Crippen LogP contribution in [0, 0.1) is 13.8 Å². The molecule has 1 rings (SSSR count). The summed E-state index contributed by atoms with van der Waals surface area (Å²) in [6, 6.07) is 5.35. The van der Waals surface area contributed by atoms with Crippen molar-refractivity contribution in [1.29, 1.82) is 0 Å². The Morgan fingerprint density at radius 3 is 2.39 bits per heavy atom. The van der Waals surface area contributed by atoms with Crippen LogP contribution in [0.4, 0.5) is 0 Å². The largest absolute Gasteiger partial charge is 0.320 e. The first-order chi connectivity index (χ1) is 7.97. The highest BCUT2D eigenvalue weighted by Crippen LogP contribution is 2.15. The van der Waals surface area contributed by atoms with Gasteiger partial charge >= 0.3 is 0 Å². The Labute approximate surface area is 116 Å². The van der Waals surface area contributed by atoms with E-state index in [0.717, 1.165) is 24.1 Å². The molecule has 6 heteroatoms. The van der Waals surface area contributed by atoms with Crippen molar-refractivity contribution in [3.63, 3.8) is 0 Å². The molecule has 0 aliphatic carbocycles. The second kappa shape index (κ2) is 7.74. The number of sulfonamides is 1. The van der Waals surface area contributed by atoms with Crippen LogP contribution < -0.4 is 10.0 Å². The Kier molecular flexibility index (Phi) is 7.47. The summed E-state index contributed by atoms with van der Waals surface area (Å²) in [4.78, 5) is 0.368. The standard InChI is InChI=1S/C12H20N2O2S.ClH/c1-10-5-6-12(11(2)9-10)17(15,16)14-8-4-7-13-3;/h5-6,9,13-14H,4,7-8H2,1-3H3;1H. The number of aryl methyl sites for hydroxylation is 2. The molecule has 0 radical (unpaired) electrons. The van der Waals surface area contributed by atoms with Gasteiger partial charge in [-0.2, -0.15) is 0 Å². The van der Waals surface area contributed by atoms with Crippen molar-refractivity contribution in [3.05, 3.63) is 29.3 Å². The fraction of sp³-hybridized carbons (Fsp3) is 0.500. The highest BCUT2D eigenvalue weighted by molar-refractivity contribution is 7.89. The number of hydrogen-bond donors (Lipinski definition) is 2. The van der Waals surface area contributed by atoms with Gasteiger partial charge in [0.1, 0.15) is 0 Å². The lowest BCUT2D eigenvalue weighted by Gasteiger charge is -2.09. The minimum atomic E-state index is -3.37. The van der Waals surface area contributed by atoms with Crippen molar-refractivity contribution < 1.29 is 8.42 Å². The van der Waals surface area contributed by atoms with Gasteiger partial charge in [0, 0.05) is 6.54 Å². The van der Waals surface area contributed by atoms with E-state index in [2.05, 4.69) is 10.0 Å². The number of halogens is 1. The molecule has 1 aromatic rings. The summed E-state index contributed by atoms with van der Waals surface area (Å²) in [6.45, 7) is 5.02. The van der Waals surface area contributed by atoms with Gasteiger partial charge in [-0.1, -0.05) is 17.7 Å². The van der Waals surface area contributed by atoms with Gasteiger partial charge in [0.15, 0.2) is 0 Å². The lowest BCUT2D eigenvalue weighted by Crippen LogP contribution is -2.27.